The molecule has 0 aliphatic rings. The number of amides is 1. The van der Waals surface area contributed by atoms with Crippen molar-refractivity contribution in [1.82, 2.24) is 15.5 Å². The van der Waals surface area contributed by atoms with Crippen molar-refractivity contribution in [3.8, 4) is 11.3 Å². The number of nitrogens with zero attached hydrogens (tertiary/aromatic N) is 2. The van der Waals surface area contributed by atoms with Crippen LogP contribution in [-0.4, -0.2) is 42.8 Å². The molecule has 1 amide bonds. The molecule has 0 fully saturated rings. The van der Waals surface area contributed by atoms with E-state index in [9.17, 15) is 17.6 Å². The maximum absolute atomic E-state index is 13.2. The summed E-state index contributed by atoms with van der Waals surface area (Å²) in [7, 11) is -3.45. The van der Waals surface area contributed by atoms with Crippen molar-refractivity contribution >= 4 is 27.5 Å². The SMILES string of the molecule is CCC(C)N=C(NC(=O)c1cccc(S(C)(=O)=O)c1)Nc1cc(-c2ccc(F)cc2)[nH]n1. The molecular formula is C22H24FN5O3S. The number of rotatable bonds is 6. The number of aromatic amines is 1. The Hall–Kier alpha value is -3.53. The van der Waals surface area contributed by atoms with Crippen molar-refractivity contribution in [2.75, 3.05) is 11.6 Å². The largest absolute Gasteiger partial charge is 0.309 e. The van der Waals surface area contributed by atoms with Crippen molar-refractivity contribution in [3.63, 3.8) is 0 Å². The molecule has 10 heteroatoms. The summed E-state index contributed by atoms with van der Waals surface area (Å²) in [6.45, 7) is 3.86. The average Bonchev–Trinajstić information content (AvgIpc) is 3.22. The Morgan fingerprint density at radius 1 is 1.19 bits per heavy atom. The van der Waals surface area contributed by atoms with E-state index in [4.69, 9.17) is 0 Å². The fourth-order valence-electron chi connectivity index (χ4n) is 2.74. The number of nitrogens with one attached hydrogen (secondary N) is 3. The monoisotopic (exact) mass is 457 g/mol. The molecule has 1 unspecified atom stereocenters. The quantitative estimate of drug-likeness (QED) is 0.386. The van der Waals surface area contributed by atoms with Gasteiger partial charge in [-0.25, -0.2) is 17.8 Å². The van der Waals surface area contributed by atoms with Crippen molar-refractivity contribution in [3.05, 3.63) is 66.0 Å². The molecule has 3 aromatic rings. The van der Waals surface area contributed by atoms with Crippen LogP contribution in [0.3, 0.4) is 0 Å². The lowest BCUT2D eigenvalue weighted by atomic mass is 10.1. The highest BCUT2D eigenvalue weighted by Gasteiger charge is 2.15. The van der Waals surface area contributed by atoms with E-state index in [1.807, 2.05) is 13.8 Å². The van der Waals surface area contributed by atoms with Crippen molar-refractivity contribution in [2.24, 2.45) is 4.99 Å². The van der Waals surface area contributed by atoms with Gasteiger partial charge in [0.05, 0.1) is 16.6 Å². The van der Waals surface area contributed by atoms with Gasteiger partial charge in [-0.15, -0.1) is 0 Å². The van der Waals surface area contributed by atoms with Gasteiger partial charge in [0.1, 0.15) is 5.82 Å². The summed E-state index contributed by atoms with van der Waals surface area (Å²) in [6.07, 6.45) is 1.82. The maximum atomic E-state index is 13.2. The fourth-order valence-corrected chi connectivity index (χ4v) is 3.41. The smallest absolute Gasteiger partial charge is 0.257 e. The summed E-state index contributed by atoms with van der Waals surface area (Å²) in [6, 6.07) is 13.3. The van der Waals surface area contributed by atoms with Crippen LogP contribution < -0.4 is 10.6 Å². The molecule has 0 radical (unpaired) electrons. The van der Waals surface area contributed by atoms with Gasteiger partial charge in [-0.2, -0.15) is 5.10 Å². The molecule has 0 aliphatic carbocycles. The molecule has 3 rings (SSSR count). The van der Waals surface area contributed by atoms with E-state index in [0.29, 0.717) is 11.5 Å². The number of hydrogen-bond acceptors (Lipinski definition) is 5. The molecule has 1 aromatic heterocycles. The summed E-state index contributed by atoms with van der Waals surface area (Å²) in [5, 5.41) is 12.7. The normalized spacial score (nSPS) is 12.9. The molecule has 8 nitrogen and oxygen atoms in total. The minimum Gasteiger partial charge on any atom is -0.309 e. The van der Waals surface area contributed by atoms with Crippen LogP contribution in [0.25, 0.3) is 11.3 Å². The van der Waals surface area contributed by atoms with Crippen LogP contribution in [-0.2, 0) is 9.84 Å². The number of aromatic nitrogens is 2. The number of anilines is 1. The molecule has 2 aromatic carbocycles. The topological polar surface area (TPSA) is 116 Å². The second kappa shape index (κ2) is 9.73. The lowest BCUT2D eigenvalue weighted by molar-refractivity contribution is 0.0976. The predicted octanol–water partition coefficient (Wildman–Crippen LogP) is 3.62. The van der Waals surface area contributed by atoms with Crippen molar-refractivity contribution in [2.45, 2.75) is 31.2 Å². The third kappa shape index (κ3) is 6.01. The first kappa shape index (κ1) is 23.1. The summed E-state index contributed by atoms with van der Waals surface area (Å²) < 4.78 is 36.7. The maximum Gasteiger partial charge on any atom is 0.257 e. The third-order valence-electron chi connectivity index (χ3n) is 4.68. The first-order chi connectivity index (χ1) is 15.2. The lowest BCUT2D eigenvalue weighted by Gasteiger charge is -2.12. The first-order valence-electron chi connectivity index (χ1n) is 9.93. The Labute approximate surface area is 185 Å². The number of guanidine groups is 1. The zero-order valence-electron chi connectivity index (χ0n) is 17.9. The minimum atomic E-state index is -3.45. The van der Waals surface area contributed by atoms with E-state index in [1.165, 1.54) is 36.4 Å². The van der Waals surface area contributed by atoms with Crippen LogP contribution >= 0.6 is 0 Å². The van der Waals surface area contributed by atoms with Gasteiger partial charge in [-0.05, 0) is 61.4 Å². The molecule has 1 heterocycles. The number of carbonyl (C=O) groups is 1. The van der Waals surface area contributed by atoms with Crippen molar-refractivity contribution < 1.29 is 17.6 Å². The van der Waals surface area contributed by atoms with Gasteiger partial charge in [0.15, 0.2) is 15.7 Å². The molecule has 0 saturated heterocycles. The zero-order chi connectivity index (χ0) is 23.3. The fraction of sp³-hybridized carbons (Fsp3) is 0.227. The number of H-pyrrole nitrogens is 1. The number of carbonyl (C=O) groups excluding carboxylic acids is 1. The van der Waals surface area contributed by atoms with E-state index in [-0.39, 0.29) is 28.3 Å². The molecule has 0 spiro atoms. The van der Waals surface area contributed by atoms with Crippen LogP contribution in [0, 0.1) is 5.82 Å². The average molecular weight is 458 g/mol. The second-order valence-electron chi connectivity index (χ2n) is 7.29. The van der Waals surface area contributed by atoms with Crippen molar-refractivity contribution in [1.29, 1.82) is 0 Å². The predicted molar refractivity (Wildman–Crippen MR) is 122 cm³/mol. The summed E-state index contributed by atoms with van der Waals surface area (Å²) in [5.74, 6) is -0.278. The summed E-state index contributed by atoms with van der Waals surface area (Å²) >= 11 is 0. The number of halogens is 1. The van der Waals surface area contributed by atoms with Crippen LogP contribution in [0.5, 0.6) is 0 Å². The third-order valence-corrected chi connectivity index (χ3v) is 5.79. The van der Waals surface area contributed by atoms with Gasteiger partial charge in [0.25, 0.3) is 5.91 Å². The molecule has 168 valence electrons. The number of hydrogen-bond donors (Lipinski definition) is 3. The Morgan fingerprint density at radius 2 is 1.91 bits per heavy atom. The molecule has 32 heavy (non-hydrogen) atoms. The summed E-state index contributed by atoms with van der Waals surface area (Å²) in [5.41, 5.74) is 1.58. The summed E-state index contributed by atoms with van der Waals surface area (Å²) in [4.78, 5) is 17.3. The molecule has 0 aliphatic heterocycles. The Bertz CT molecular complexity index is 1240. The second-order valence-corrected chi connectivity index (χ2v) is 9.30. The molecule has 0 bridgehead atoms. The van der Waals surface area contributed by atoms with Gasteiger partial charge < -0.3 is 5.32 Å². The minimum absolute atomic E-state index is 0.0507. The van der Waals surface area contributed by atoms with Gasteiger partial charge in [-0.3, -0.25) is 15.2 Å². The van der Waals surface area contributed by atoms with Gasteiger partial charge in [0, 0.05) is 17.9 Å². The number of aliphatic imine (C=N–C) groups is 1. The van der Waals surface area contributed by atoms with E-state index >= 15 is 0 Å². The van der Waals surface area contributed by atoms with Crippen LogP contribution in [0.1, 0.15) is 30.6 Å². The van der Waals surface area contributed by atoms with Gasteiger partial charge in [0.2, 0.25) is 5.96 Å². The van der Waals surface area contributed by atoms with E-state index in [1.54, 1.807) is 18.2 Å². The molecule has 0 saturated carbocycles. The highest BCUT2D eigenvalue weighted by Crippen LogP contribution is 2.20. The number of sulfone groups is 1. The Kier molecular flexibility index (Phi) is 7.04. The van der Waals surface area contributed by atoms with Gasteiger partial charge >= 0.3 is 0 Å². The van der Waals surface area contributed by atoms with Gasteiger partial charge in [-0.1, -0.05) is 13.0 Å². The van der Waals surface area contributed by atoms with Crippen LogP contribution in [0.4, 0.5) is 10.2 Å². The molecular weight excluding hydrogens is 433 g/mol. The van der Waals surface area contributed by atoms with E-state index in [2.05, 4.69) is 25.8 Å². The standard InChI is InChI=1S/C22H24FN5O3S/c1-4-14(2)24-22(26-21(29)16-6-5-7-18(12-16)32(3,30)31)25-20-13-19(27-28-20)15-8-10-17(23)11-9-15/h5-14H,4H2,1-3H3,(H3,24,25,26,27,28,29). The Morgan fingerprint density at radius 3 is 2.56 bits per heavy atom. The first-order valence-corrected chi connectivity index (χ1v) is 11.8. The highest BCUT2D eigenvalue weighted by molar-refractivity contribution is 7.90. The lowest BCUT2D eigenvalue weighted by Crippen LogP contribution is -2.37. The van der Waals surface area contributed by atoms with E-state index in [0.717, 1.165) is 18.2 Å². The zero-order valence-corrected chi connectivity index (χ0v) is 18.7. The Balaban J connectivity index is 1.81. The molecule has 3 N–H and O–H groups in total. The van der Waals surface area contributed by atoms with Crippen LogP contribution in [0.15, 0.2) is 64.5 Å². The van der Waals surface area contributed by atoms with Crippen LogP contribution in [0.2, 0.25) is 0 Å². The highest BCUT2D eigenvalue weighted by atomic mass is 32.2. The molecule has 1 atom stereocenters. The number of benzene rings is 2. The van der Waals surface area contributed by atoms with E-state index < -0.39 is 15.7 Å².